The van der Waals surface area contributed by atoms with Crippen LogP contribution in [0, 0.1) is 5.82 Å². The monoisotopic (exact) mass is 419 g/mol. The summed E-state index contributed by atoms with van der Waals surface area (Å²) in [6.45, 7) is 1.82. The van der Waals surface area contributed by atoms with Gasteiger partial charge < -0.3 is 10.1 Å². The summed E-state index contributed by atoms with van der Waals surface area (Å²) in [6.07, 6.45) is -0.449. The summed E-state index contributed by atoms with van der Waals surface area (Å²) in [5.41, 5.74) is 2.14. The van der Waals surface area contributed by atoms with E-state index in [4.69, 9.17) is 4.74 Å². The van der Waals surface area contributed by atoms with E-state index in [1.165, 1.54) is 31.2 Å². The molecule has 0 saturated carbocycles. The lowest BCUT2D eigenvalue weighted by atomic mass is 10.0. The molecule has 0 bridgehead atoms. The number of esters is 1. The number of amides is 1. The average molecular weight is 419 g/mol. The topological polar surface area (TPSA) is 72.5 Å². The van der Waals surface area contributed by atoms with Crippen LogP contribution in [0.25, 0.3) is 0 Å². The fourth-order valence-electron chi connectivity index (χ4n) is 2.92. The Labute approximate surface area is 179 Å². The first-order chi connectivity index (χ1) is 14.9. The van der Waals surface area contributed by atoms with Crippen LogP contribution in [0.4, 0.5) is 4.39 Å². The first kappa shape index (κ1) is 21.9. The van der Waals surface area contributed by atoms with Crippen LogP contribution >= 0.6 is 0 Å². The standard InChI is InChI=1S/C25H22FNO4/c1-17(24(29)27-16-15-18-7-13-22(26)14-8-18)31-25(30)21-11-9-20(10-12-21)23(28)19-5-3-2-4-6-19/h2-14,17H,15-16H2,1H3,(H,27,29)/t17-/m1/s1. The first-order valence-corrected chi connectivity index (χ1v) is 9.87. The lowest BCUT2D eigenvalue weighted by Crippen LogP contribution is -2.36. The summed E-state index contributed by atoms with van der Waals surface area (Å²) in [7, 11) is 0. The predicted octanol–water partition coefficient (Wildman–Crippen LogP) is 3.96. The number of hydrogen-bond donors (Lipinski definition) is 1. The number of nitrogens with one attached hydrogen (secondary N) is 1. The number of ether oxygens (including phenoxy) is 1. The minimum absolute atomic E-state index is 0.144. The fraction of sp³-hybridized carbons (Fsp3) is 0.160. The predicted molar refractivity (Wildman–Crippen MR) is 114 cm³/mol. The van der Waals surface area contributed by atoms with E-state index >= 15 is 0 Å². The second-order valence-electron chi connectivity index (χ2n) is 6.99. The molecule has 0 heterocycles. The summed E-state index contributed by atoms with van der Waals surface area (Å²) in [5.74, 6) is -1.54. The second-order valence-corrected chi connectivity index (χ2v) is 6.99. The summed E-state index contributed by atoms with van der Waals surface area (Å²) in [5, 5.41) is 2.69. The Morgan fingerprint density at radius 2 is 1.42 bits per heavy atom. The van der Waals surface area contributed by atoms with Gasteiger partial charge in [-0.3, -0.25) is 9.59 Å². The molecule has 0 aliphatic rings. The minimum Gasteiger partial charge on any atom is -0.449 e. The van der Waals surface area contributed by atoms with Crippen molar-refractivity contribution in [2.24, 2.45) is 0 Å². The van der Waals surface area contributed by atoms with Crippen molar-refractivity contribution >= 4 is 17.7 Å². The molecule has 0 fully saturated rings. The maximum atomic E-state index is 12.9. The summed E-state index contributed by atoms with van der Waals surface area (Å²) in [4.78, 5) is 36.9. The van der Waals surface area contributed by atoms with Crippen LogP contribution in [-0.2, 0) is 16.0 Å². The summed E-state index contributed by atoms with van der Waals surface area (Å²) in [6, 6.07) is 21.0. The largest absolute Gasteiger partial charge is 0.449 e. The molecule has 0 aliphatic heterocycles. The maximum absolute atomic E-state index is 12.9. The molecule has 0 unspecified atom stereocenters. The summed E-state index contributed by atoms with van der Waals surface area (Å²) >= 11 is 0. The van der Waals surface area contributed by atoms with Crippen molar-refractivity contribution in [2.45, 2.75) is 19.4 Å². The number of carbonyl (C=O) groups is 3. The Balaban J connectivity index is 1.50. The third-order valence-electron chi connectivity index (χ3n) is 4.70. The van der Waals surface area contributed by atoms with Crippen LogP contribution in [0.3, 0.4) is 0 Å². The van der Waals surface area contributed by atoms with Gasteiger partial charge in [-0.1, -0.05) is 54.6 Å². The van der Waals surface area contributed by atoms with Gasteiger partial charge >= 0.3 is 5.97 Å². The highest BCUT2D eigenvalue weighted by atomic mass is 19.1. The number of ketones is 1. The van der Waals surface area contributed by atoms with Gasteiger partial charge in [-0.05, 0) is 43.2 Å². The molecule has 3 rings (SSSR count). The molecule has 158 valence electrons. The van der Waals surface area contributed by atoms with Gasteiger partial charge in [0.1, 0.15) is 5.82 Å². The number of hydrogen-bond acceptors (Lipinski definition) is 4. The van der Waals surface area contributed by atoms with Crippen molar-refractivity contribution in [1.29, 1.82) is 0 Å². The molecule has 0 radical (unpaired) electrons. The third-order valence-corrected chi connectivity index (χ3v) is 4.70. The lowest BCUT2D eigenvalue weighted by Gasteiger charge is -2.14. The third kappa shape index (κ3) is 6.09. The van der Waals surface area contributed by atoms with Gasteiger partial charge in [0, 0.05) is 17.7 Å². The van der Waals surface area contributed by atoms with Gasteiger partial charge in [-0.15, -0.1) is 0 Å². The van der Waals surface area contributed by atoms with Gasteiger partial charge in [0.25, 0.3) is 5.91 Å². The van der Waals surface area contributed by atoms with Crippen LogP contribution < -0.4 is 5.32 Å². The summed E-state index contributed by atoms with van der Waals surface area (Å²) < 4.78 is 18.1. The Bertz CT molecular complexity index is 1050. The van der Waals surface area contributed by atoms with Gasteiger partial charge in [-0.2, -0.15) is 0 Å². The van der Waals surface area contributed by atoms with Crippen molar-refractivity contribution in [1.82, 2.24) is 5.32 Å². The van der Waals surface area contributed by atoms with Crippen LogP contribution in [0.2, 0.25) is 0 Å². The number of halogens is 1. The van der Waals surface area contributed by atoms with E-state index in [0.29, 0.717) is 24.1 Å². The molecule has 5 nitrogen and oxygen atoms in total. The Kier molecular flexibility index (Phi) is 7.27. The highest BCUT2D eigenvalue weighted by Gasteiger charge is 2.19. The molecular weight excluding hydrogens is 397 g/mol. The normalized spacial score (nSPS) is 11.4. The fourth-order valence-corrected chi connectivity index (χ4v) is 2.92. The molecule has 3 aromatic rings. The van der Waals surface area contributed by atoms with E-state index in [2.05, 4.69) is 5.32 Å². The van der Waals surface area contributed by atoms with Gasteiger partial charge in [0.05, 0.1) is 5.56 Å². The molecule has 0 aromatic heterocycles. The van der Waals surface area contributed by atoms with E-state index in [9.17, 15) is 18.8 Å². The Morgan fingerprint density at radius 1 is 0.839 bits per heavy atom. The molecule has 1 atom stereocenters. The maximum Gasteiger partial charge on any atom is 0.338 e. The van der Waals surface area contributed by atoms with Crippen LogP contribution in [0.5, 0.6) is 0 Å². The molecule has 3 aromatic carbocycles. The van der Waals surface area contributed by atoms with Crippen molar-refractivity contribution in [2.75, 3.05) is 6.54 Å². The van der Waals surface area contributed by atoms with Crippen molar-refractivity contribution in [3.05, 3.63) is 107 Å². The van der Waals surface area contributed by atoms with Crippen LogP contribution in [0.1, 0.15) is 38.8 Å². The molecule has 31 heavy (non-hydrogen) atoms. The molecule has 0 spiro atoms. The second kappa shape index (κ2) is 10.3. The first-order valence-electron chi connectivity index (χ1n) is 9.87. The van der Waals surface area contributed by atoms with Crippen molar-refractivity contribution < 1.29 is 23.5 Å². The number of rotatable bonds is 8. The zero-order chi connectivity index (χ0) is 22.2. The zero-order valence-electron chi connectivity index (χ0n) is 17.0. The molecule has 1 amide bonds. The van der Waals surface area contributed by atoms with E-state index in [0.717, 1.165) is 5.56 Å². The van der Waals surface area contributed by atoms with Crippen molar-refractivity contribution in [3.8, 4) is 0 Å². The Hall–Kier alpha value is -3.80. The Morgan fingerprint density at radius 3 is 2.06 bits per heavy atom. The quantitative estimate of drug-likeness (QED) is 0.443. The molecule has 6 heteroatoms. The van der Waals surface area contributed by atoms with Crippen LogP contribution in [-0.4, -0.2) is 30.3 Å². The highest BCUT2D eigenvalue weighted by Crippen LogP contribution is 2.12. The van der Waals surface area contributed by atoms with E-state index < -0.39 is 18.0 Å². The van der Waals surface area contributed by atoms with E-state index in [1.807, 2.05) is 6.07 Å². The van der Waals surface area contributed by atoms with Gasteiger partial charge in [0.15, 0.2) is 11.9 Å². The van der Waals surface area contributed by atoms with Gasteiger partial charge in [0.2, 0.25) is 0 Å². The molecule has 0 saturated heterocycles. The average Bonchev–Trinajstić information content (AvgIpc) is 2.80. The smallest absolute Gasteiger partial charge is 0.338 e. The SMILES string of the molecule is C[C@@H](OC(=O)c1ccc(C(=O)c2ccccc2)cc1)C(=O)NCCc1ccc(F)cc1. The number of benzene rings is 3. The highest BCUT2D eigenvalue weighted by molar-refractivity contribution is 6.09. The number of carbonyl (C=O) groups excluding carboxylic acids is 3. The molecule has 1 N–H and O–H groups in total. The van der Waals surface area contributed by atoms with E-state index in [1.54, 1.807) is 48.5 Å². The lowest BCUT2D eigenvalue weighted by molar-refractivity contribution is -0.129. The zero-order valence-corrected chi connectivity index (χ0v) is 17.0. The minimum atomic E-state index is -0.980. The molecular formula is C25H22FNO4. The van der Waals surface area contributed by atoms with E-state index in [-0.39, 0.29) is 17.2 Å². The van der Waals surface area contributed by atoms with Crippen molar-refractivity contribution in [3.63, 3.8) is 0 Å². The van der Waals surface area contributed by atoms with Crippen LogP contribution in [0.15, 0.2) is 78.9 Å². The van der Waals surface area contributed by atoms with Gasteiger partial charge in [-0.25, -0.2) is 9.18 Å². The molecule has 0 aliphatic carbocycles.